The summed E-state index contributed by atoms with van der Waals surface area (Å²) in [5.74, 6) is -0.929. The lowest BCUT2D eigenvalue weighted by Crippen LogP contribution is -2.39. The van der Waals surface area contributed by atoms with Gasteiger partial charge in [0.05, 0.1) is 12.2 Å². The Bertz CT molecular complexity index is 608. The summed E-state index contributed by atoms with van der Waals surface area (Å²) in [6.45, 7) is 1.61. The number of carbonyl (C=O) groups excluding carboxylic acids is 2. The Morgan fingerprint density at radius 3 is 2.72 bits per heavy atom. The van der Waals surface area contributed by atoms with Crippen molar-refractivity contribution >= 4 is 11.9 Å². The van der Waals surface area contributed by atoms with E-state index in [1.807, 2.05) is 12.1 Å². The van der Waals surface area contributed by atoms with Crippen molar-refractivity contribution < 1.29 is 24.2 Å². The molecule has 2 rings (SSSR count). The normalized spacial score (nSPS) is 21.4. The van der Waals surface area contributed by atoms with Crippen molar-refractivity contribution in [2.75, 3.05) is 13.2 Å². The van der Waals surface area contributed by atoms with Crippen LogP contribution < -0.4 is 0 Å². The second kappa shape index (κ2) is 9.37. The van der Waals surface area contributed by atoms with E-state index in [0.29, 0.717) is 11.1 Å². The highest BCUT2D eigenvalue weighted by atomic mass is 16.6. The Morgan fingerprint density at radius 2 is 2.04 bits per heavy atom. The summed E-state index contributed by atoms with van der Waals surface area (Å²) in [6.07, 6.45) is 7.47. The zero-order valence-electron chi connectivity index (χ0n) is 14.7. The molecule has 25 heavy (non-hydrogen) atoms. The highest BCUT2D eigenvalue weighted by Crippen LogP contribution is 2.31. The quantitative estimate of drug-likeness (QED) is 0.421. The standard InChI is InChI=1S/C20H26O5/c1-2-3-4-5-7-12-17-13-20(14-21,25-19(17)23)15-24-18(22)16-10-8-6-9-11-16/h6,8-12,21H,2-5,7,13-15H2,1H3/b17-12-. The van der Waals surface area contributed by atoms with Gasteiger partial charge in [0, 0.05) is 12.0 Å². The average Bonchev–Trinajstić information content (AvgIpc) is 2.97. The molecule has 1 unspecified atom stereocenters. The zero-order valence-corrected chi connectivity index (χ0v) is 14.7. The fraction of sp³-hybridized carbons (Fsp3) is 0.500. The van der Waals surface area contributed by atoms with E-state index in [2.05, 4.69) is 6.92 Å². The predicted molar refractivity (Wildman–Crippen MR) is 94.1 cm³/mol. The maximum absolute atomic E-state index is 12.0. The van der Waals surface area contributed by atoms with Gasteiger partial charge in [0.25, 0.3) is 0 Å². The van der Waals surface area contributed by atoms with E-state index >= 15 is 0 Å². The molecule has 0 aliphatic carbocycles. The lowest BCUT2D eigenvalue weighted by atomic mass is 9.98. The number of carbonyl (C=O) groups is 2. The number of unbranched alkanes of at least 4 members (excludes halogenated alkanes) is 4. The van der Waals surface area contributed by atoms with Gasteiger partial charge in [-0.05, 0) is 25.0 Å². The number of ether oxygens (including phenoxy) is 2. The molecule has 1 aromatic carbocycles. The topological polar surface area (TPSA) is 72.8 Å². The van der Waals surface area contributed by atoms with Crippen molar-refractivity contribution in [3.63, 3.8) is 0 Å². The Kier molecular flexibility index (Phi) is 7.19. The van der Waals surface area contributed by atoms with Crippen LogP contribution in [0.2, 0.25) is 0 Å². The highest BCUT2D eigenvalue weighted by Gasteiger charge is 2.44. The molecule has 1 N–H and O–H groups in total. The zero-order chi connectivity index (χ0) is 18.1. The minimum absolute atomic E-state index is 0.157. The molecular formula is C20H26O5. The van der Waals surface area contributed by atoms with Crippen LogP contribution in [0.4, 0.5) is 0 Å². The van der Waals surface area contributed by atoms with E-state index in [0.717, 1.165) is 19.3 Å². The van der Waals surface area contributed by atoms with Gasteiger partial charge in [-0.1, -0.05) is 50.5 Å². The SMILES string of the molecule is CCCCCC/C=C1/CC(CO)(COC(=O)c2ccccc2)OC1=O. The number of esters is 2. The van der Waals surface area contributed by atoms with E-state index in [-0.39, 0.29) is 19.6 Å². The second-order valence-corrected chi connectivity index (χ2v) is 6.43. The smallest absolute Gasteiger partial charge is 0.338 e. The van der Waals surface area contributed by atoms with Gasteiger partial charge >= 0.3 is 11.9 Å². The minimum atomic E-state index is -1.17. The highest BCUT2D eigenvalue weighted by molar-refractivity contribution is 5.92. The fourth-order valence-corrected chi connectivity index (χ4v) is 2.79. The molecule has 1 fully saturated rings. The molecule has 5 nitrogen and oxygen atoms in total. The van der Waals surface area contributed by atoms with E-state index in [1.165, 1.54) is 12.8 Å². The molecule has 1 aliphatic rings. The van der Waals surface area contributed by atoms with Crippen LogP contribution in [0.15, 0.2) is 42.0 Å². The maximum Gasteiger partial charge on any atom is 0.338 e. The van der Waals surface area contributed by atoms with Gasteiger partial charge < -0.3 is 14.6 Å². The molecule has 0 radical (unpaired) electrons. The van der Waals surface area contributed by atoms with Crippen LogP contribution in [0.3, 0.4) is 0 Å². The first-order valence-electron chi connectivity index (χ1n) is 8.85. The van der Waals surface area contributed by atoms with E-state index in [4.69, 9.17) is 9.47 Å². The van der Waals surface area contributed by atoms with Crippen LogP contribution in [0.1, 0.15) is 55.8 Å². The summed E-state index contributed by atoms with van der Waals surface area (Å²) in [5.41, 5.74) is -0.190. The maximum atomic E-state index is 12.0. The number of aliphatic hydroxyl groups is 1. The number of hydrogen-bond acceptors (Lipinski definition) is 5. The number of aliphatic hydroxyl groups excluding tert-OH is 1. The molecule has 1 aromatic rings. The second-order valence-electron chi connectivity index (χ2n) is 6.43. The largest absolute Gasteiger partial charge is 0.458 e. The first kappa shape index (κ1) is 19.2. The van der Waals surface area contributed by atoms with Crippen molar-refractivity contribution in [3.05, 3.63) is 47.5 Å². The summed E-state index contributed by atoms with van der Waals surface area (Å²) in [4.78, 5) is 24.1. The fourth-order valence-electron chi connectivity index (χ4n) is 2.79. The van der Waals surface area contributed by atoms with Crippen molar-refractivity contribution in [1.29, 1.82) is 0 Å². The number of allylic oxidation sites excluding steroid dienone is 1. The molecule has 0 spiro atoms. The number of benzene rings is 1. The van der Waals surface area contributed by atoms with Gasteiger partial charge in [0.1, 0.15) is 6.61 Å². The Morgan fingerprint density at radius 1 is 1.28 bits per heavy atom. The van der Waals surface area contributed by atoms with Crippen LogP contribution in [0, 0.1) is 0 Å². The molecular weight excluding hydrogens is 320 g/mol. The average molecular weight is 346 g/mol. The molecule has 1 heterocycles. The third kappa shape index (κ3) is 5.43. The van der Waals surface area contributed by atoms with Gasteiger partial charge in [0.2, 0.25) is 0 Å². The van der Waals surface area contributed by atoms with E-state index in [9.17, 15) is 14.7 Å². The third-order valence-corrected chi connectivity index (χ3v) is 4.30. The van der Waals surface area contributed by atoms with Crippen LogP contribution in [0.25, 0.3) is 0 Å². The van der Waals surface area contributed by atoms with E-state index < -0.39 is 17.5 Å². The van der Waals surface area contributed by atoms with Crippen LogP contribution in [-0.2, 0) is 14.3 Å². The molecule has 1 saturated heterocycles. The molecule has 1 aliphatic heterocycles. The molecule has 5 heteroatoms. The summed E-state index contributed by atoms with van der Waals surface area (Å²) in [7, 11) is 0. The molecule has 1 atom stereocenters. The number of hydrogen-bond donors (Lipinski definition) is 1. The predicted octanol–water partition coefficient (Wildman–Crippen LogP) is 3.42. The molecule has 0 aromatic heterocycles. The lowest BCUT2D eigenvalue weighted by Gasteiger charge is -2.24. The van der Waals surface area contributed by atoms with Crippen molar-refractivity contribution in [1.82, 2.24) is 0 Å². The third-order valence-electron chi connectivity index (χ3n) is 4.30. The lowest BCUT2D eigenvalue weighted by molar-refractivity contribution is -0.154. The van der Waals surface area contributed by atoms with Crippen LogP contribution in [0.5, 0.6) is 0 Å². The number of cyclic esters (lactones) is 1. The summed E-state index contributed by atoms with van der Waals surface area (Å²) in [5, 5.41) is 9.68. The van der Waals surface area contributed by atoms with Crippen molar-refractivity contribution in [3.8, 4) is 0 Å². The minimum Gasteiger partial charge on any atom is -0.458 e. The van der Waals surface area contributed by atoms with Gasteiger partial charge in [0.15, 0.2) is 5.60 Å². The van der Waals surface area contributed by atoms with Crippen LogP contribution >= 0.6 is 0 Å². The summed E-state index contributed by atoms with van der Waals surface area (Å²) in [6, 6.07) is 8.59. The van der Waals surface area contributed by atoms with Gasteiger partial charge in [-0.15, -0.1) is 0 Å². The van der Waals surface area contributed by atoms with E-state index in [1.54, 1.807) is 24.3 Å². The Labute approximate surface area is 148 Å². The number of rotatable bonds is 9. The molecule has 0 saturated carbocycles. The van der Waals surface area contributed by atoms with Gasteiger partial charge in [-0.2, -0.15) is 0 Å². The first-order valence-corrected chi connectivity index (χ1v) is 8.85. The van der Waals surface area contributed by atoms with Crippen LogP contribution in [-0.4, -0.2) is 35.9 Å². The first-order chi connectivity index (χ1) is 12.1. The molecule has 136 valence electrons. The van der Waals surface area contributed by atoms with Gasteiger partial charge in [-0.3, -0.25) is 0 Å². The van der Waals surface area contributed by atoms with Gasteiger partial charge in [-0.25, -0.2) is 9.59 Å². The molecule has 0 amide bonds. The monoisotopic (exact) mass is 346 g/mol. The Hall–Kier alpha value is -2.14. The Balaban J connectivity index is 1.91. The summed E-state index contributed by atoms with van der Waals surface area (Å²) >= 11 is 0. The van der Waals surface area contributed by atoms with Crippen molar-refractivity contribution in [2.45, 2.75) is 51.0 Å². The molecule has 0 bridgehead atoms. The summed E-state index contributed by atoms with van der Waals surface area (Å²) < 4.78 is 10.6. The van der Waals surface area contributed by atoms with Crippen molar-refractivity contribution in [2.24, 2.45) is 0 Å².